The Morgan fingerprint density at radius 3 is 2.76 bits per heavy atom. The smallest absolute Gasteiger partial charge is 0.240 e. The number of nitrogens with one attached hydrogen (secondary N) is 1. The fourth-order valence-corrected chi connectivity index (χ4v) is 3.37. The van der Waals surface area contributed by atoms with Crippen LogP contribution in [0.2, 0.25) is 0 Å². The number of nitrogens with zero attached hydrogens (tertiary/aromatic N) is 1. The Balaban J connectivity index is 0.00000161. The van der Waals surface area contributed by atoms with Crippen molar-refractivity contribution in [3.63, 3.8) is 0 Å². The molecule has 3 rings (SSSR count). The van der Waals surface area contributed by atoms with Gasteiger partial charge in [0, 0.05) is 18.5 Å². The Hall–Kier alpha value is -1.36. The van der Waals surface area contributed by atoms with Crippen LogP contribution in [0.1, 0.15) is 16.0 Å². The van der Waals surface area contributed by atoms with Crippen molar-refractivity contribution >= 4 is 29.7 Å². The second-order valence-electron chi connectivity index (χ2n) is 5.18. The van der Waals surface area contributed by atoms with E-state index >= 15 is 0 Å². The molecule has 1 aromatic carbocycles. The Kier molecular flexibility index (Phi) is 5.39. The fraction of sp³-hybridized carbons (Fsp3) is 0.312. The van der Waals surface area contributed by atoms with Crippen molar-refractivity contribution in [3.05, 3.63) is 57.8 Å². The molecule has 3 nitrogen and oxygen atoms in total. The Labute approximate surface area is 135 Å². The first-order valence-corrected chi connectivity index (χ1v) is 7.69. The van der Waals surface area contributed by atoms with Crippen molar-refractivity contribution in [2.24, 2.45) is 0 Å². The fourth-order valence-electron chi connectivity index (χ4n) is 2.61. The number of hydrogen-bond acceptors (Lipinski definition) is 3. The summed E-state index contributed by atoms with van der Waals surface area (Å²) in [5.74, 6) is 0.174. The molecule has 1 N–H and O–H groups in total. The molecule has 1 amide bonds. The Morgan fingerprint density at radius 2 is 2.05 bits per heavy atom. The van der Waals surface area contributed by atoms with Crippen molar-refractivity contribution in [2.45, 2.75) is 25.6 Å². The van der Waals surface area contributed by atoms with Crippen LogP contribution in [0.3, 0.4) is 0 Å². The molecule has 5 heteroatoms. The number of carbonyl (C=O) groups is 1. The second-order valence-corrected chi connectivity index (χ2v) is 6.21. The van der Waals surface area contributed by atoms with E-state index in [-0.39, 0.29) is 24.4 Å². The van der Waals surface area contributed by atoms with Crippen molar-refractivity contribution in [2.75, 3.05) is 7.05 Å². The number of hydrogen-bond donors (Lipinski definition) is 1. The Morgan fingerprint density at radius 1 is 1.29 bits per heavy atom. The molecule has 21 heavy (non-hydrogen) atoms. The minimum atomic E-state index is -0.102. The molecule has 1 atom stereocenters. The van der Waals surface area contributed by atoms with E-state index in [4.69, 9.17) is 0 Å². The first kappa shape index (κ1) is 16.0. The summed E-state index contributed by atoms with van der Waals surface area (Å²) >= 11 is 1.69. The number of likely N-dealkylation sites (N-methyl/N-ethyl adjacent to an activating group) is 1. The van der Waals surface area contributed by atoms with Gasteiger partial charge in [0.2, 0.25) is 5.91 Å². The largest absolute Gasteiger partial charge is 0.339 e. The number of thiophene rings is 1. The predicted octanol–water partition coefficient (Wildman–Crippen LogP) is 2.84. The maximum Gasteiger partial charge on any atom is 0.240 e. The zero-order valence-electron chi connectivity index (χ0n) is 11.9. The standard InChI is InChI=1S/C16H18N2OS.ClH/c1-18(11-14-7-4-8-20-14)16(19)15-9-12-5-2-3-6-13(12)10-17-15;/h2-8,15,17H,9-11H2,1H3;1H. The summed E-state index contributed by atoms with van der Waals surface area (Å²) in [6.07, 6.45) is 0.782. The van der Waals surface area contributed by atoms with Gasteiger partial charge < -0.3 is 10.2 Å². The van der Waals surface area contributed by atoms with E-state index in [0.29, 0.717) is 6.54 Å². The number of fused-ring (bicyclic) bond motifs is 1. The molecule has 0 aliphatic carbocycles. The highest BCUT2D eigenvalue weighted by atomic mass is 35.5. The van der Waals surface area contributed by atoms with Crippen molar-refractivity contribution in [3.8, 4) is 0 Å². The minimum absolute atomic E-state index is 0. The van der Waals surface area contributed by atoms with E-state index < -0.39 is 0 Å². The maximum atomic E-state index is 12.5. The van der Waals surface area contributed by atoms with E-state index in [1.165, 1.54) is 16.0 Å². The first-order chi connectivity index (χ1) is 9.74. The predicted molar refractivity (Wildman–Crippen MR) is 88.8 cm³/mol. The van der Waals surface area contributed by atoms with Gasteiger partial charge in [0.1, 0.15) is 0 Å². The molecule has 112 valence electrons. The average Bonchev–Trinajstić information content (AvgIpc) is 2.99. The van der Waals surface area contributed by atoms with Crippen LogP contribution < -0.4 is 5.32 Å². The van der Waals surface area contributed by atoms with Gasteiger partial charge in [0.25, 0.3) is 0 Å². The van der Waals surface area contributed by atoms with Crippen LogP contribution in [0.4, 0.5) is 0 Å². The van der Waals surface area contributed by atoms with Crippen LogP contribution in [0.25, 0.3) is 0 Å². The van der Waals surface area contributed by atoms with Gasteiger partial charge in [-0.1, -0.05) is 30.3 Å². The molecule has 0 radical (unpaired) electrons. The molecule has 0 saturated carbocycles. The molecular formula is C16H19ClN2OS. The molecule has 1 aromatic heterocycles. The van der Waals surface area contributed by atoms with Gasteiger partial charge in [0.05, 0.1) is 12.6 Å². The summed E-state index contributed by atoms with van der Waals surface area (Å²) < 4.78 is 0. The summed E-state index contributed by atoms with van der Waals surface area (Å²) in [7, 11) is 1.88. The highest BCUT2D eigenvalue weighted by Gasteiger charge is 2.26. The molecule has 0 spiro atoms. The van der Waals surface area contributed by atoms with Gasteiger partial charge in [-0.15, -0.1) is 23.7 Å². The van der Waals surface area contributed by atoms with Crippen LogP contribution in [-0.2, 0) is 24.3 Å². The average molecular weight is 323 g/mol. The van der Waals surface area contributed by atoms with Crippen molar-refractivity contribution in [1.82, 2.24) is 10.2 Å². The highest BCUT2D eigenvalue weighted by molar-refractivity contribution is 7.09. The van der Waals surface area contributed by atoms with Crippen LogP contribution in [-0.4, -0.2) is 23.9 Å². The molecule has 1 unspecified atom stereocenters. The summed E-state index contributed by atoms with van der Waals surface area (Å²) in [5, 5.41) is 5.39. The van der Waals surface area contributed by atoms with Crippen molar-refractivity contribution in [1.29, 1.82) is 0 Å². The van der Waals surface area contributed by atoms with Gasteiger partial charge in [-0.3, -0.25) is 4.79 Å². The molecule has 1 aliphatic rings. The summed E-state index contributed by atoms with van der Waals surface area (Å²) in [6, 6.07) is 12.3. The molecule has 1 aliphatic heterocycles. The molecular weight excluding hydrogens is 304 g/mol. The molecule has 0 saturated heterocycles. The van der Waals surface area contributed by atoms with Gasteiger partial charge in [-0.25, -0.2) is 0 Å². The van der Waals surface area contributed by atoms with Gasteiger partial charge in [-0.05, 0) is 29.0 Å². The lowest BCUT2D eigenvalue weighted by atomic mass is 9.95. The number of carbonyl (C=O) groups excluding carboxylic acids is 1. The molecule has 2 aromatic rings. The van der Waals surface area contributed by atoms with E-state index in [2.05, 4.69) is 23.5 Å². The third-order valence-corrected chi connectivity index (χ3v) is 4.59. The number of amides is 1. The normalized spacial score (nSPS) is 16.7. The van der Waals surface area contributed by atoms with E-state index in [1.807, 2.05) is 35.5 Å². The van der Waals surface area contributed by atoms with Crippen LogP contribution in [0.5, 0.6) is 0 Å². The van der Waals surface area contributed by atoms with Crippen molar-refractivity contribution < 1.29 is 4.79 Å². The highest BCUT2D eigenvalue weighted by Crippen LogP contribution is 2.18. The van der Waals surface area contributed by atoms with Crippen LogP contribution in [0.15, 0.2) is 41.8 Å². The SMILES string of the molecule is CN(Cc1cccs1)C(=O)C1Cc2ccccc2CN1.Cl. The molecule has 0 fully saturated rings. The minimum Gasteiger partial charge on any atom is -0.339 e. The Bertz CT molecular complexity index is 600. The van der Waals surface area contributed by atoms with E-state index in [0.717, 1.165) is 13.0 Å². The zero-order chi connectivity index (χ0) is 13.9. The number of benzene rings is 1. The number of rotatable bonds is 3. The van der Waals surface area contributed by atoms with Crippen LogP contribution >= 0.6 is 23.7 Å². The van der Waals surface area contributed by atoms with Gasteiger partial charge in [0.15, 0.2) is 0 Å². The monoisotopic (exact) mass is 322 g/mol. The van der Waals surface area contributed by atoms with Gasteiger partial charge >= 0.3 is 0 Å². The number of halogens is 1. The lowest BCUT2D eigenvalue weighted by Crippen LogP contribution is -2.47. The van der Waals surface area contributed by atoms with Crippen LogP contribution in [0, 0.1) is 0 Å². The van der Waals surface area contributed by atoms with Gasteiger partial charge in [-0.2, -0.15) is 0 Å². The lowest BCUT2D eigenvalue weighted by Gasteiger charge is -2.28. The summed E-state index contributed by atoms with van der Waals surface area (Å²) in [4.78, 5) is 15.5. The molecule has 2 heterocycles. The first-order valence-electron chi connectivity index (χ1n) is 6.81. The third kappa shape index (κ3) is 3.64. The maximum absolute atomic E-state index is 12.5. The quantitative estimate of drug-likeness (QED) is 0.942. The molecule has 0 bridgehead atoms. The third-order valence-electron chi connectivity index (χ3n) is 3.73. The lowest BCUT2D eigenvalue weighted by molar-refractivity contribution is -0.132. The summed E-state index contributed by atoms with van der Waals surface area (Å²) in [5.41, 5.74) is 2.59. The second kappa shape index (κ2) is 7.07. The summed E-state index contributed by atoms with van der Waals surface area (Å²) in [6.45, 7) is 1.47. The van der Waals surface area contributed by atoms with E-state index in [1.54, 1.807) is 11.3 Å². The topological polar surface area (TPSA) is 32.3 Å². The van der Waals surface area contributed by atoms with E-state index in [9.17, 15) is 4.79 Å². The zero-order valence-corrected chi connectivity index (χ0v) is 13.5.